The van der Waals surface area contributed by atoms with Crippen LogP contribution >= 0.6 is 0 Å². The molecule has 4 rings (SSSR count). The van der Waals surface area contributed by atoms with Crippen molar-refractivity contribution in [3.05, 3.63) is 95.3 Å². The molecular formula is C26H27NO2. The van der Waals surface area contributed by atoms with Crippen LogP contribution in [-0.2, 0) is 6.61 Å². The van der Waals surface area contributed by atoms with Crippen LogP contribution in [0.3, 0.4) is 0 Å². The van der Waals surface area contributed by atoms with Gasteiger partial charge in [0, 0.05) is 17.7 Å². The van der Waals surface area contributed by atoms with E-state index in [1.807, 2.05) is 30.3 Å². The van der Waals surface area contributed by atoms with Gasteiger partial charge in [0.2, 0.25) is 0 Å². The summed E-state index contributed by atoms with van der Waals surface area (Å²) in [4.78, 5) is 15.3. The van der Waals surface area contributed by atoms with E-state index in [9.17, 15) is 4.79 Å². The second-order valence-corrected chi connectivity index (χ2v) is 7.84. The van der Waals surface area contributed by atoms with Crippen molar-refractivity contribution in [2.75, 3.05) is 0 Å². The van der Waals surface area contributed by atoms with E-state index in [4.69, 9.17) is 4.74 Å². The number of nitrogens with zero attached hydrogens (tertiary/aromatic N) is 1. The van der Waals surface area contributed by atoms with Crippen LogP contribution in [0, 0.1) is 5.92 Å². The van der Waals surface area contributed by atoms with E-state index in [0.29, 0.717) is 18.4 Å². The van der Waals surface area contributed by atoms with Crippen LogP contribution < -0.4 is 4.74 Å². The first kappa shape index (κ1) is 19.4. The highest BCUT2D eigenvalue weighted by molar-refractivity contribution is 5.74. The number of aromatic nitrogens is 1. The number of hydrogen-bond acceptors (Lipinski definition) is 3. The van der Waals surface area contributed by atoms with Gasteiger partial charge in [0.15, 0.2) is 0 Å². The molecule has 1 aliphatic rings. The summed E-state index contributed by atoms with van der Waals surface area (Å²) < 4.78 is 5.91. The van der Waals surface area contributed by atoms with Crippen LogP contribution in [0.5, 0.6) is 5.75 Å². The van der Waals surface area contributed by atoms with Gasteiger partial charge in [-0.3, -0.25) is 9.78 Å². The Morgan fingerprint density at radius 1 is 0.897 bits per heavy atom. The van der Waals surface area contributed by atoms with Crippen molar-refractivity contribution in [1.29, 1.82) is 0 Å². The Balaban J connectivity index is 1.54. The summed E-state index contributed by atoms with van der Waals surface area (Å²) in [6.45, 7) is 0.472. The van der Waals surface area contributed by atoms with Crippen LogP contribution in [0.2, 0.25) is 0 Å². The fraction of sp³-hybridized carbons (Fsp3) is 0.308. The maximum absolute atomic E-state index is 11.0. The normalized spacial score (nSPS) is 15.6. The summed E-state index contributed by atoms with van der Waals surface area (Å²) >= 11 is 0. The fourth-order valence-corrected chi connectivity index (χ4v) is 4.40. The number of carbonyl (C=O) groups excluding carboxylic acids is 1. The molecule has 1 aliphatic carbocycles. The molecule has 0 aliphatic heterocycles. The van der Waals surface area contributed by atoms with Crippen molar-refractivity contribution >= 4 is 6.29 Å². The third-order valence-electron chi connectivity index (χ3n) is 5.90. The Hall–Kier alpha value is -2.94. The Morgan fingerprint density at radius 3 is 2.21 bits per heavy atom. The minimum absolute atomic E-state index is 0.362. The van der Waals surface area contributed by atoms with Gasteiger partial charge in [-0.2, -0.15) is 0 Å². The van der Waals surface area contributed by atoms with Crippen LogP contribution in [-0.4, -0.2) is 11.3 Å². The van der Waals surface area contributed by atoms with Crippen molar-refractivity contribution in [3.8, 4) is 5.75 Å². The van der Waals surface area contributed by atoms with Crippen molar-refractivity contribution in [3.63, 3.8) is 0 Å². The minimum atomic E-state index is 0.362. The Kier molecular flexibility index (Phi) is 6.35. The monoisotopic (exact) mass is 385 g/mol. The van der Waals surface area contributed by atoms with E-state index in [1.165, 1.54) is 43.2 Å². The maximum atomic E-state index is 11.0. The maximum Gasteiger partial charge on any atom is 0.150 e. The van der Waals surface area contributed by atoms with Crippen molar-refractivity contribution in [1.82, 2.24) is 4.98 Å². The molecule has 29 heavy (non-hydrogen) atoms. The summed E-state index contributed by atoms with van der Waals surface area (Å²) in [6.07, 6.45) is 9.17. The van der Waals surface area contributed by atoms with Crippen molar-refractivity contribution in [2.45, 2.75) is 44.6 Å². The molecule has 0 N–H and O–H groups in total. The van der Waals surface area contributed by atoms with Gasteiger partial charge in [0.1, 0.15) is 18.6 Å². The topological polar surface area (TPSA) is 39.2 Å². The molecule has 0 saturated heterocycles. The quantitative estimate of drug-likeness (QED) is 0.456. The highest BCUT2D eigenvalue weighted by atomic mass is 16.5. The third kappa shape index (κ3) is 4.92. The van der Waals surface area contributed by atoms with Gasteiger partial charge in [0.25, 0.3) is 0 Å². The second kappa shape index (κ2) is 9.51. The zero-order valence-corrected chi connectivity index (χ0v) is 16.7. The lowest BCUT2D eigenvalue weighted by Gasteiger charge is -2.31. The van der Waals surface area contributed by atoms with E-state index in [2.05, 4.69) is 41.4 Å². The van der Waals surface area contributed by atoms with E-state index in [0.717, 1.165) is 23.3 Å². The first-order valence-electron chi connectivity index (χ1n) is 10.5. The Morgan fingerprint density at radius 2 is 1.59 bits per heavy atom. The van der Waals surface area contributed by atoms with E-state index in [1.54, 1.807) is 6.20 Å². The molecule has 3 nitrogen and oxygen atoms in total. The molecule has 1 unspecified atom stereocenters. The van der Waals surface area contributed by atoms with Crippen LogP contribution in [0.25, 0.3) is 0 Å². The van der Waals surface area contributed by atoms with Crippen molar-refractivity contribution in [2.24, 2.45) is 5.92 Å². The summed E-state index contributed by atoms with van der Waals surface area (Å²) in [7, 11) is 0. The van der Waals surface area contributed by atoms with E-state index in [-0.39, 0.29) is 0 Å². The first-order valence-corrected chi connectivity index (χ1v) is 10.5. The van der Waals surface area contributed by atoms with Gasteiger partial charge in [-0.05, 0) is 54.2 Å². The Labute approximate surface area is 172 Å². The minimum Gasteiger partial charge on any atom is -0.487 e. The molecule has 0 bridgehead atoms. The van der Waals surface area contributed by atoms with Crippen molar-refractivity contribution < 1.29 is 9.53 Å². The van der Waals surface area contributed by atoms with Crippen LogP contribution in [0.15, 0.2) is 72.9 Å². The predicted octanol–water partition coefficient (Wildman–Crippen LogP) is 6.19. The molecule has 2 aromatic carbocycles. The predicted molar refractivity (Wildman–Crippen MR) is 115 cm³/mol. The van der Waals surface area contributed by atoms with E-state index < -0.39 is 0 Å². The molecule has 3 heteroatoms. The molecule has 148 valence electrons. The molecular weight excluding hydrogens is 358 g/mol. The molecule has 1 saturated carbocycles. The molecule has 1 atom stereocenters. The second-order valence-electron chi connectivity index (χ2n) is 7.84. The summed E-state index contributed by atoms with van der Waals surface area (Å²) in [5, 5.41) is 0. The average Bonchev–Trinajstić information content (AvgIpc) is 2.81. The standard InChI is InChI=1S/C26H27NO2/c28-18-20-9-11-22(12-10-20)26(21-6-2-1-3-7-21)23-13-15-25(16-14-23)29-19-24-8-4-5-17-27-24/h4-5,8-18,21,26H,1-3,6-7,19H2. The summed E-state index contributed by atoms with van der Waals surface area (Å²) in [5.74, 6) is 1.87. The van der Waals surface area contributed by atoms with Gasteiger partial charge >= 0.3 is 0 Å². The smallest absolute Gasteiger partial charge is 0.150 e. The van der Waals surface area contributed by atoms with Gasteiger partial charge in [-0.1, -0.05) is 61.7 Å². The number of ether oxygens (including phenoxy) is 1. The van der Waals surface area contributed by atoms with Gasteiger partial charge < -0.3 is 4.74 Å². The molecule has 3 aromatic rings. The fourth-order valence-electron chi connectivity index (χ4n) is 4.40. The highest BCUT2D eigenvalue weighted by Gasteiger charge is 2.26. The SMILES string of the molecule is O=Cc1ccc(C(c2ccc(OCc3ccccn3)cc2)C2CCCCC2)cc1. The molecule has 0 radical (unpaired) electrons. The lowest BCUT2D eigenvalue weighted by molar-refractivity contribution is 0.112. The number of rotatable bonds is 7. The molecule has 1 heterocycles. The summed E-state index contributed by atoms with van der Waals surface area (Å²) in [5.41, 5.74) is 4.27. The number of hydrogen-bond donors (Lipinski definition) is 0. The lowest BCUT2D eigenvalue weighted by atomic mass is 9.73. The zero-order valence-electron chi connectivity index (χ0n) is 16.7. The van der Waals surface area contributed by atoms with Gasteiger partial charge in [0.05, 0.1) is 5.69 Å². The molecule has 0 amide bonds. The molecule has 1 aromatic heterocycles. The largest absolute Gasteiger partial charge is 0.487 e. The number of benzene rings is 2. The first-order chi connectivity index (χ1) is 14.3. The Bertz CT molecular complexity index is 898. The lowest BCUT2D eigenvalue weighted by Crippen LogP contribution is -2.17. The molecule has 1 fully saturated rings. The number of aldehydes is 1. The van der Waals surface area contributed by atoms with Gasteiger partial charge in [-0.25, -0.2) is 0 Å². The van der Waals surface area contributed by atoms with Crippen LogP contribution in [0.4, 0.5) is 0 Å². The van der Waals surface area contributed by atoms with Gasteiger partial charge in [-0.15, -0.1) is 0 Å². The zero-order chi connectivity index (χ0) is 19.9. The highest BCUT2D eigenvalue weighted by Crippen LogP contribution is 2.40. The summed E-state index contributed by atoms with van der Waals surface area (Å²) in [6, 6.07) is 22.5. The van der Waals surface area contributed by atoms with Crippen LogP contribution in [0.1, 0.15) is 65.2 Å². The third-order valence-corrected chi connectivity index (χ3v) is 5.90. The average molecular weight is 386 g/mol. The molecule has 0 spiro atoms. The van der Waals surface area contributed by atoms with E-state index >= 15 is 0 Å². The number of carbonyl (C=O) groups is 1. The number of pyridine rings is 1.